The van der Waals surface area contributed by atoms with Gasteiger partial charge in [-0.25, -0.2) is 0 Å². The number of hydrogen-bond donors (Lipinski definition) is 1. The lowest BCUT2D eigenvalue weighted by Crippen LogP contribution is -1.95. The maximum Gasteiger partial charge on any atom is 0.244 e. The van der Waals surface area contributed by atoms with Crippen LogP contribution in [0.2, 0.25) is 5.15 Å². The van der Waals surface area contributed by atoms with Crippen LogP contribution in [0.1, 0.15) is 12.5 Å². The lowest BCUT2D eigenvalue weighted by molar-refractivity contribution is 0.465. The molecule has 0 fully saturated rings. The standard InChI is InChI=1S/C13H13ClN2O/c1-2-9-4-3-5-10(8-9)17-13-11(15)6-7-12(14)16-13/h3-8H,2,15H2,1H3. The maximum atomic E-state index is 5.79. The summed E-state index contributed by atoms with van der Waals surface area (Å²) in [6.07, 6.45) is 0.954. The van der Waals surface area contributed by atoms with E-state index in [4.69, 9.17) is 22.1 Å². The normalized spacial score (nSPS) is 10.2. The van der Waals surface area contributed by atoms with Crippen molar-refractivity contribution in [3.8, 4) is 11.6 Å². The third-order valence-corrected chi connectivity index (χ3v) is 2.59. The zero-order valence-corrected chi connectivity index (χ0v) is 10.2. The summed E-state index contributed by atoms with van der Waals surface area (Å²) in [6.45, 7) is 2.09. The second-order valence-corrected chi connectivity index (χ2v) is 4.02. The molecule has 1 aromatic heterocycles. The molecule has 2 N–H and O–H groups in total. The van der Waals surface area contributed by atoms with Crippen molar-refractivity contribution >= 4 is 17.3 Å². The Bertz CT molecular complexity index is 529. The number of pyridine rings is 1. The van der Waals surface area contributed by atoms with E-state index in [1.165, 1.54) is 5.56 Å². The Morgan fingerprint density at radius 3 is 2.88 bits per heavy atom. The Morgan fingerprint density at radius 1 is 1.29 bits per heavy atom. The van der Waals surface area contributed by atoms with Gasteiger partial charge in [0.05, 0.1) is 5.69 Å². The van der Waals surface area contributed by atoms with Crippen LogP contribution in [0.15, 0.2) is 36.4 Å². The van der Waals surface area contributed by atoms with Crippen LogP contribution in [0.4, 0.5) is 5.69 Å². The summed E-state index contributed by atoms with van der Waals surface area (Å²) in [6, 6.07) is 11.1. The van der Waals surface area contributed by atoms with Gasteiger partial charge in [0, 0.05) is 0 Å². The van der Waals surface area contributed by atoms with E-state index in [-0.39, 0.29) is 0 Å². The molecule has 0 aliphatic carbocycles. The van der Waals surface area contributed by atoms with Gasteiger partial charge in [-0.2, -0.15) is 4.98 Å². The Morgan fingerprint density at radius 2 is 2.12 bits per heavy atom. The minimum Gasteiger partial charge on any atom is -0.437 e. The lowest BCUT2D eigenvalue weighted by atomic mass is 10.2. The molecule has 1 heterocycles. The first-order valence-electron chi connectivity index (χ1n) is 5.38. The summed E-state index contributed by atoms with van der Waals surface area (Å²) in [5, 5.41) is 0.362. The van der Waals surface area contributed by atoms with Gasteiger partial charge in [-0.3, -0.25) is 0 Å². The van der Waals surface area contributed by atoms with Gasteiger partial charge in [-0.1, -0.05) is 30.7 Å². The van der Waals surface area contributed by atoms with E-state index in [0.717, 1.165) is 6.42 Å². The molecule has 0 radical (unpaired) electrons. The van der Waals surface area contributed by atoms with Crippen LogP contribution >= 0.6 is 11.6 Å². The SMILES string of the molecule is CCc1cccc(Oc2nc(Cl)ccc2N)c1. The maximum absolute atomic E-state index is 5.79. The van der Waals surface area contributed by atoms with Crippen molar-refractivity contribution in [1.29, 1.82) is 0 Å². The quantitative estimate of drug-likeness (QED) is 0.843. The van der Waals surface area contributed by atoms with Crippen LogP contribution in [0.25, 0.3) is 0 Å². The van der Waals surface area contributed by atoms with Gasteiger partial charge in [0.2, 0.25) is 5.88 Å². The molecule has 0 aliphatic heterocycles. The number of nitrogen functional groups attached to an aromatic ring is 1. The molecule has 0 unspecified atom stereocenters. The van der Waals surface area contributed by atoms with E-state index in [1.54, 1.807) is 12.1 Å². The Kier molecular flexibility index (Phi) is 3.49. The molecule has 0 spiro atoms. The molecule has 0 amide bonds. The van der Waals surface area contributed by atoms with E-state index in [0.29, 0.717) is 22.5 Å². The van der Waals surface area contributed by atoms with Crippen molar-refractivity contribution < 1.29 is 4.74 Å². The van der Waals surface area contributed by atoms with Gasteiger partial charge in [-0.05, 0) is 36.2 Å². The van der Waals surface area contributed by atoms with E-state index < -0.39 is 0 Å². The molecular weight excluding hydrogens is 236 g/mol. The number of benzene rings is 1. The molecular formula is C13H13ClN2O. The van der Waals surface area contributed by atoms with Gasteiger partial charge in [0.15, 0.2) is 0 Å². The number of aromatic nitrogens is 1. The molecule has 1 aromatic carbocycles. The summed E-state index contributed by atoms with van der Waals surface area (Å²) < 4.78 is 5.61. The first-order valence-corrected chi connectivity index (χ1v) is 5.75. The van der Waals surface area contributed by atoms with Gasteiger partial charge in [0.1, 0.15) is 10.9 Å². The number of nitrogens with zero attached hydrogens (tertiary/aromatic N) is 1. The summed E-state index contributed by atoms with van der Waals surface area (Å²) in [7, 11) is 0. The highest BCUT2D eigenvalue weighted by Gasteiger charge is 2.05. The molecule has 0 saturated carbocycles. The van der Waals surface area contributed by atoms with Crippen molar-refractivity contribution in [3.63, 3.8) is 0 Å². The van der Waals surface area contributed by atoms with Crippen LogP contribution in [0.5, 0.6) is 11.6 Å². The summed E-state index contributed by atoms with van der Waals surface area (Å²) in [5.74, 6) is 1.05. The predicted molar refractivity (Wildman–Crippen MR) is 69.6 cm³/mol. The molecule has 3 nitrogen and oxygen atoms in total. The fourth-order valence-electron chi connectivity index (χ4n) is 1.45. The molecule has 0 saturated heterocycles. The molecule has 17 heavy (non-hydrogen) atoms. The third-order valence-electron chi connectivity index (χ3n) is 2.38. The van der Waals surface area contributed by atoms with Crippen molar-refractivity contribution in [3.05, 3.63) is 47.1 Å². The lowest BCUT2D eigenvalue weighted by Gasteiger charge is -2.08. The van der Waals surface area contributed by atoms with Crippen LogP contribution in [-0.4, -0.2) is 4.98 Å². The van der Waals surface area contributed by atoms with Crippen molar-refractivity contribution in [2.45, 2.75) is 13.3 Å². The smallest absolute Gasteiger partial charge is 0.244 e. The van der Waals surface area contributed by atoms with E-state index >= 15 is 0 Å². The second kappa shape index (κ2) is 5.06. The van der Waals surface area contributed by atoms with Crippen molar-refractivity contribution in [2.75, 3.05) is 5.73 Å². The fraction of sp³-hybridized carbons (Fsp3) is 0.154. The van der Waals surface area contributed by atoms with Gasteiger partial charge >= 0.3 is 0 Å². The van der Waals surface area contributed by atoms with Crippen LogP contribution < -0.4 is 10.5 Å². The minimum absolute atomic E-state index is 0.339. The highest BCUT2D eigenvalue weighted by molar-refractivity contribution is 6.29. The molecule has 4 heteroatoms. The minimum atomic E-state index is 0.339. The van der Waals surface area contributed by atoms with E-state index in [1.807, 2.05) is 24.3 Å². The van der Waals surface area contributed by atoms with Gasteiger partial charge in [-0.15, -0.1) is 0 Å². The summed E-state index contributed by atoms with van der Waals surface area (Å²) >= 11 is 5.79. The number of ether oxygens (including phenoxy) is 1. The molecule has 0 atom stereocenters. The van der Waals surface area contributed by atoms with Gasteiger partial charge in [0.25, 0.3) is 0 Å². The molecule has 0 aliphatic rings. The Balaban J connectivity index is 2.27. The first kappa shape index (κ1) is 11.7. The highest BCUT2D eigenvalue weighted by Crippen LogP contribution is 2.27. The van der Waals surface area contributed by atoms with Crippen LogP contribution in [0.3, 0.4) is 0 Å². The molecule has 2 aromatic rings. The number of nitrogens with two attached hydrogens (primary N) is 1. The number of halogens is 1. The Labute approximate surface area is 105 Å². The monoisotopic (exact) mass is 248 g/mol. The zero-order valence-electron chi connectivity index (χ0n) is 9.48. The number of anilines is 1. The number of rotatable bonds is 3. The van der Waals surface area contributed by atoms with Crippen LogP contribution in [0, 0.1) is 0 Å². The van der Waals surface area contributed by atoms with E-state index in [9.17, 15) is 0 Å². The van der Waals surface area contributed by atoms with Gasteiger partial charge < -0.3 is 10.5 Å². The molecule has 0 bridgehead atoms. The van der Waals surface area contributed by atoms with Crippen molar-refractivity contribution in [1.82, 2.24) is 4.98 Å². The first-order chi connectivity index (χ1) is 8.19. The molecule has 2 rings (SSSR count). The molecule has 88 valence electrons. The second-order valence-electron chi connectivity index (χ2n) is 3.63. The average Bonchev–Trinajstić information content (AvgIpc) is 2.34. The average molecular weight is 249 g/mol. The Hall–Kier alpha value is -1.74. The fourth-order valence-corrected chi connectivity index (χ4v) is 1.59. The van der Waals surface area contributed by atoms with Crippen molar-refractivity contribution in [2.24, 2.45) is 0 Å². The van der Waals surface area contributed by atoms with Crippen LogP contribution in [-0.2, 0) is 6.42 Å². The predicted octanol–water partition coefficient (Wildman–Crippen LogP) is 3.67. The third kappa shape index (κ3) is 2.88. The topological polar surface area (TPSA) is 48.1 Å². The summed E-state index contributed by atoms with van der Waals surface area (Å²) in [5.41, 5.74) is 7.43. The summed E-state index contributed by atoms with van der Waals surface area (Å²) in [4.78, 5) is 4.04. The van der Waals surface area contributed by atoms with E-state index in [2.05, 4.69) is 11.9 Å². The number of hydrogen-bond acceptors (Lipinski definition) is 3. The zero-order chi connectivity index (χ0) is 12.3. The highest BCUT2D eigenvalue weighted by atomic mass is 35.5. The number of aryl methyl sites for hydroxylation is 1. The largest absolute Gasteiger partial charge is 0.437 e.